The fourth-order valence-corrected chi connectivity index (χ4v) is 5.99. The number of fused-ring (bicyclic) bond motifs is 3. The summed E-state index contributed by atoms with van der Waals surface area (Å²) in [4.78, 5) is 5.91. The largest absolute Gasteiger partial charge is 0.496 e. The molecular formula is C24H19BrN4O2S2. The molecule has 0 radical (unpaired) electrons. The first kappa shape index (κ1) is 20.8. The van der Waals surface area contributed by atoms with Crippen LogP contribution in [0.25, 0.3) is 5.70 Å². The van der Waals surface area contributed by atoms with Crippen LogP contribution in [-0.4, -0.2) is 28.1 Å². The van der Waals surface area contributed by atoms with E-state index in [4.69, 9.17) is 19.6 Å². The molecule has 1 N–H and O–H groups in total. The van der Waals surface area contributed by atoms with E-state index in [9.17, 15) is 0 Å². The van der Waals surface area contributed by atoms with Crippen LogP contribution in [0.5, 0.6) is 11.5 Å². The smallest absolute Gasteiger partial charge is 0.227 e. The summed E-state index contributed by atoms with van der Waals surface area (Å²) in [5, 5.41) is 11.2. The second-order valence-corrected chi connectivity index (χ2v) is 10.3. The predicted molar refractivity (Wildman–Crippen MR) is 135 cm³/mol. The van der Waals surface area contributed by atoms with Crippen molar-refractivity contribution in [1.29, 1.82) is 0 Å². The predicted octanol–water partition coefficient (Wildman–Crippen LogP) is 6.39. The summed E-state index contributed by atoms with van der Waals surface area (Å²) >= 11 is 6.87. The molecule has 0 fully saturated rings. The number of benzene rings is 2. The maximum Gasteiger partial charge on any atom is 0.227 e. The number of rotatable bonds is 4. The Balaban J connectivity index is 1.65. The molecule has 2 atom stereocenters. The molecule has 0 bridgehead atoms. The van der Waals surface area contributed by atoms with Crippen LogP contribution >= 0.6 is 39.0 Å². The van der Waals surface area contributed by atoms with Gasteiger partial charge in [0, 0.05) is 26.0 Å². The molecular weight excluding hydrogens is 520 g/mol. The van der Waals surface area contributed by atoms with E-state index >= 15 is 0 Å². The van der Waals surface area contributed by atoms with Crippen LogP contribution in [0.3, 0.4) is 0 Å². The van der Waals surface area contributed by atoms with Gasteiger partial charge in [0.05, 0.1) is 12.8 Å². The van der Waals surface area contributed by atoms with Crippen LogP contribution in [0, 0.1) is 0 Å². The van der Waals surface area contributed by atoms with Crippen molar-refractivity contribution in [2.75, 3.05) is 18.7 Å². The molecule has 4 heterocycles. The standard InChI is InChI=1S/C24H19BrN4O2S2/c1-30-16-10-9-13(25)12-15(16)22-19-20(14-6-3-4-7-17(14)31-22)26-23-27-24(32-2)28-29(23)21(19)18-8-5-11-33-18/h3-12,21-22H,1-2H3,(H,26,27,28)/t21-,22-/m0/s1. The molecule has 0 aliphatic carbocycles. The van der Waals surface area contributed by atoms with Crippen LogP contribution in [0.2, 0.25) is 0 Å². The number of hydrogen-bond donors (Lipinski definition) is 1. The lowest BCUT2D eigenvalue weighted by Gasteiger charge is -2.38. The summed E-state index contributed by atoms with van der Waals surface area (Å²) in [5.41, 5.74) is 4.05. The van der Waals surface area contributed by atoms with E-state index in [1.165, 1.54) is 16.6 Å². The lowest BCUT2D eigenvalue weighted by Crippen LogP contribution is -2.32. The second-order valence-electron chi connectivity index (χ2n) is 7.62. The van der Waals surface area contributed by atoms with Gasteiger partial charge in [-0.15, -0.1) is 16.4 Å². The Hall–Kier alpha value is -2.75. The lowest BCUT2D eigenvalue weighted by atomic mass is 9.86. The summed E-state index contributed by atoms with van der Waals surface area (Å²) in [7, 11) is 1.69. The topological polar surface area (TPSA) is 61.2 Å². The lowest BCUT2D eigenvalue weighted by molar-refractivity contribution is 0.218. The van der Waals surface area contributed by atoms with Gasteiger partial charge in [-0.2, -0.15) is 4.98 Å². The van der Waals surface area contributed by atoms with Crippen molar-refractivity contribution < 1.29 is 9.47 Å². The highest BCUT2D eigenvalue weighted by atomic mass is 79.9. The number of halogens is 1. The molecule has 2 aliphatic heterocycles. The highest BCUT2D eigenvalue weighted by molar-refractivity contribution is 9.10. The van der Waals surface area contributed by atoms with E-state index in [-0.39, 0.29) is 12.1 Å². The number of anilines is 1. The van der Waals surface area contributed by atoms with Gasteiger partial charge in [-0.05, 0) is 48.0 Å². The van der Waals surface area contributed by atoms with Gasteiger partial charge in [-0.1, -0.05) is 45.9 Å². The molecule has 0 unspecified atom stereocenters. The van der Waals surface area contributed by atoms with Crippen LogP contribution in [-0.2, 0) is 0 Å². The zero-order valence-corrected chi connectivity index (χ0v) is 21.0. The molecule has 9 heteroatoms. The zero-order valence-electron chi connectivity index (χ0n) is 17.8. The minimum absolute atomic E-state index is 0.160. The van der Waals surface area contributed by atoms with Gasteiger partial charge in [-0.25, -0.2) is 4.68 Å². The average molecular weight is 539 g/mol. The number of methoxy groups -OCH3 is 1. The van der Waals surface area contributed by atoms with Gasteiger partial charge in [0.1, 0.15) is 17.5 Å². The molecule has 0 amide bonds. The Labute approximate surface area is 207 Å². The van der Waals surface area contributed by atoms with Gasteiger partial charge < -0.3 is 14.8 Å². The van der Waals surface area contributed by atoms with Gasteiger partial charge >= 0.3 is 0 Å². The molecule has 0 saturated heterocycles. The highest BCUT2D eigenvalue weighted by Crippen LogP contribution is 2.52. The van der Waals surface area contributed by atoms with E-state index in [0.29, 0.717) is 0 Å². The summed E-state index contributed by atoms with van der Waals surface area (Å²) in [6, 6.07) is 18.2. The Morgan fingerprint density at radius 2 is 2.06 bits per heavy atom. The highest BCUT2D eigenvalue weighted by Gasteiger charge is 2.42. The van der Waals surface area contributed by atoms with Crippen LogP contribution in [0.1, 0.15) is 28.1 Å². The van der Waals surface area contributed by atoms with Crippen molar-refractivity contribution in [3.8, 4) is 11.5 Å². The SMILES string of the molecule is COc1ccc(Br)cc1[C@@H]1Oc2ccccc2C2=C1[C@H](c1cccs1)n1nc(SC)nc1N2. The minimum Gasteiger partial charge on any atom is -0.496 e. The van der Waals surface area contributed by atoms with E-state index in [2.05, 4.69) is 50.9 Å². The van der Waals surface area contributed by atoms with E-state index < -0.39 is 0 Å². The van der Waals surface area contributed by atoms with E-state index in [1.54, 1.807) is 18.4 Å². The number of nitrogens with one attached hydrogen (secondary N) is 1. The fourth-order valence-electron chi connectivity index (χ4n) is 4.43. The van der Waals surface area contributed by atoms with Crippen LogP contribution < -0.4 is 14.8 Å². The minimum atomic E-state index is -0.378. The first-order valence-electron chi connectivity index (χ1n) is 10.3. The summed E-state index contributed by atoms with van der Waals surface area (Å²) in [6.45, 7) is 0. The number of thiophene rings is 1. The van der Waals surface area contributed by atoms with Crippen molar-refractivity contribution in [1.82, 2.24) is 14.8 Å². The number of ether oxygens (including phenoxy) is 2. The third kappa shape index (κ3) is 3.37. The number of hydrogen-bond acceptors (Lipinski definition) is 7. The normalized spacial score (nSPS) is 18.6. The van der Waals surface area contributed by atoms with Crippen molar-refractivity contribution >= 4 is 50.7 Å². The molecule has 33 heavy (non-hydrogen) atoms. The third-order valence-electron chi connectivity index (χ3n) is 5.83. The fraction of sp³-hybridized carbons (Fsp3) is 0.167. The number of aromatic nitrogens is 3. The first-order chi connectivity index (χ1) is 16.2. The van der Waals surface area contributed by atoms with Gasteiger partial charge in [0.2, 0.25) is 11.1 Å². The molecule has 2 aromatic carbocycles. The monoisotopic (exact) mass is 538 g/mol. The van der Waals surface area contributed by atoms with Crippen molar-refractivity contribution in [2.45, 2.75) is 17.3 Å². The first-order valence-corrected chi connectivity index (χ1v) is 13.2. The van der Waals surface area contributed by atoms with Gasteiger partial charge in [0.25, 0.3) is 0 Å². The molecule has 0 saturated carbocycles. The molecule has 2 aliphatic rings. The maximum absolute atomic E-state index is 6.70. The molecule has 166 valence electrons. The maximum atomic E-state index is 6.70. The van der Waals surface area contributed by atoms with Crippen molar-refractivity contribution in [3.63, 3.8) is 0 Å². The molecule has 2 aromatic heterocycles. The molecule has 0 spiro atoms. The average Bonchev–Trinajstić information content (AvgIpc) is 3.52. The zero-order chi connectivity index (χ0) is 22.5. The van der Waals surface area contributed by atoms with E-state index in [1.807, 2.05) is 41.3 Å². The van der Waals surface area contributed by atoms with Crippen molar-refractivity contribution in [2.24, 2.45) is 0 Å². The summed E-state index contributed by atoms with van der Waals surface area (Å²) in [5.74, 6) is 2.32. The van der Waals surface area contributed by atoms with Crippen LogP contribution in [0.4, 0.5) is 5.95 Å². The molecule has 6 nitrogen and oxygen atoms in total. The van der Waals surface area contributed by atoms with Crippen LogP contribution in [0.15, 0.2) is 75.2 Å². The molecule has 4 aromatic rings. The van der Waals surface area contributed by atoms with Gasteiger partial charge in [0.15, 0.2) is 6.10 Å². The Morgan fingerprint density at radius 3 is 2.85 bits per heavy atom. The number of nitrogens with zero attached hydrogens (tertiary/aromatic N) is 3. The second kappa shape index (κ2) is 8.23. The summed E-state index contributed by atoms with van der Waals surface area (Å²) in [6.07, 6.45) is 1.61. The third-order valence-corrected chi connectivity index (χ3v) is 7.79. The molecule has 6 rings (SSSR count). The Morgan fingerprint density at radius 1 is 1.18 bits per heavy atom. The van der Waals surface area contributed by atoms with E-state index in [0.717, 1.165) is 49.5 Å². The van der Waals surface area contributed by atoms with Crippen molar-refractivity contribution in [3.05, 3.63) is 86.0 Å². The number of para-hydroxylation sites is 1. The Kier molecular flexibility index (Phi) is 5.20. The quantitative estimate of drug-likeness (QED) is 0.303. The van der Waals surface area contributed by atoms with Gasteiger partial charge in [-0.3, -0.25) is 0 Å². The number of thioether (sulfide) groups is 1. The Bertz CT molecular complexity index is 1380. The summed E-state index contributed by atoms with van der Waals surface area (Å²) < 4.78 is 15.4.